The summed E-state index contributed by atoms with van der Waals surface area (Å²) in [7, 11) is 0. The van der Waals surface area contributed by atoms with Gasteiger partial charge in [-0.2, -0.15) is 15.1 Å². The van der Waals surface area contributed by atoms with E-state index in [1.807, 2.05) is 31.2 Å². The van der Waals surface area contributed by atoms with Gasteiger partial charge in [-0.3, -0.25) is 20.3 Å². The lowest BCUT2D eigenvalue weighted by atomic mass is 10.1. The number of aryl methyl sites for hydroxylation is 1. The minimum atomic E-state index is -0.539. The first-order chi connectivity index (χ1) is 13.4. The number of amidine groups is 2. The van der Waals surface area contributed by atoms with Gasteiger partial charge in [0.1, 0.15) is 5.04 Å². The molecule has 0 fully saturated rings. The van der Waals surface area contributed by atoms with Crippen molar-refractivity contribution in [3.63, 3.8) is 0 Å². The Morgan fingerprint density at radius 3 is 2.57 bits per heavy atom. The van der Waals surface area contributed by atoms with Crippen LogP contribution in [0.3, 0.4) is 0 Å². The molecule has 8 nitrogen and oxygen atoms in total. The van der Waals surface area contributed by atoms with Gasteiger partial charge >= 0.3 is 0 Å². The Morgan fingerprint density at radius 2 is 1.89 bits per heavy atom. The van der Waals surface area contributed by atoms with E-state index < -0.39 is 10.8 Å². The summed E-state index contributed by atoms with van der Waals surface area (Å²) in [5.41, 5.74) is 2.55. The van der Waals surface area contributed by atoms with E-state index in [4.69, 9.17) is 5.41 Å². The second-order valence-corrected chi connectivity index (χ2v) is 7.04. The number of hydrogen-bond acceptors (Lipinski definition) is 6. The summed E-state index contributed by atoms with van der Waals surface area (Å²) < 4.78 is 0. The number of thioether (sulfide) groups is 1. The summed E-state index contributed by atoms with van der Waals surface area (Å²) in [6, 6.07) is 13.5. The minimum Gasteiger partial charge on any atom is -0.282 e. The summed E-state index contributed by atoms with van der Waals surface area (Å²) in [4.78, 5) is 26.8. The first kappa shape index (κ1) is 17.8. The number of nitrogens with one attached hydrogen (secondary N) is 1. The van der Waals surface area contributed by atoms with E-state index in [-0.39, 0.29) is 17.1 Å². The fraction of sp³-hybridized carbons (Fsp3) is 0.0526. The number of carbonyl (C=O) groups excluding carboxylic acids is 1. The van der Waals surface area contributed by atoms with Crippen LogP contribution in [0.15, 0.2) is 64.2 Å². The highest BCUT2D eigenvalue weighted by Gasteiger charge is 2.36. The number of benzene rings is 2. The first-order valence-corrected chi connectivity index (χ1v) is 9.06. The van der Waals surface area contributed by atoms with E-state index in [2.05, 4.69) is 10.1 Å². The van der Waals surface area contributed by atoms with E-state index in [1.165, 1.54) is 47.1 Å². The number of amides is 1. The molecule has 138 valence electrons. The average Bonchev–Trinajstić information content (AvgIpc) is 3.09. The number of hydrogen-bond donors (Lipinski definition) is 1. The quantitative estimate of drug-likeness (QED) is 0.488. The Morgan fingerprint density at radius 1 is 1.18 bits per heavy atom. The Bertz CT molecular complexity index is 1120. The van der Waals surface area contributed by atoms with Gasteiger partial charge in [-0.1, -0.05) is 24.3 Å². The molecule has 0 atom stereocenters. The fourth-order valence-corrected chi connectivity index (χ4v) is 3.75. The third kappa shape index (κ3) is 3.12. The molecule has 0 unspecified atom stereocenters. The number of carbonyl (C=O) groups is 1. The van der Waals surface area contributed by atoms with Gasteiger partial charge in [-0.25, -0.2) is 0 Å². The van der Waals surface area contributed by atoms with Gasteiger partial charge in [0.2, 0.25) is 5.17 Å². The average molecular weight is 391 g/mol. The molecule has 0 radical (unpaired) electrons. The van der Waals surface area contributed by atoms with Crippen LogP contribution in [0.5, 0.6) is 0 Å². The minimum absolute atomic E-state index is 0.0454. The summed E-state index contributed by atoms with van der Waals surface area (Å²) in [6.07, 6.45) is 1.49. The summed E-state index contributed by atoms with van der Waals surface area (Å²) >= 11 is 1.24. The molecule has 0 saturated heterocycles. The zero-order valence-corrected chi connectivity index (χ0v) is 15.4. The molecular formula is C19H13N5O3S. The van der Waals surface area contributed by atoms with Gasteiger partial charge in [0, 0.05) is 17.7 Å². The van der Waals surface area contributed by atoms with Crippen LogP contribution in [-0.2, 0) is 4.79 Å². The number of aliphatic imine (C=N–C) groups is 1. The fourth-order valence-electron chi connectivity index (χ4n) is 2.77. The number of fused-ring (bicyclic) bond motifs is 1. The van der Waals surface area contributed by atoms with Crippen LogP contribution in [0.4, 0.5) is 5.69 Å². The second-order valence-electron chi connectivity index (χ2n) is 6.09. The van der Waals surface area contributed by atoms with E-state index in [9.17, 15) is 14.9 Å². The molecule has 2 aliphatic rings. The summed E-state index contributed by atoms with van der Waals surface area (Å²) in [5, 5.41) is 26.0. The lowest BCUT2D eigenvalue weighted by Crippen LogP contribution is -2.35. The molecule has 2 aromatic carbocycles. The molecule has 0 saturated carbocycles. The third-order valence-corrected chi connectivity index (χ3v) is 5.19. The van der Waals surface area contributed by atoms with Gasteiger partial charge in [0.15, 0.2) is 5.84 Å². The number of nitro benzene ring substituents is 1. The van der Waals surface area contributed by atoms with Crippen molar-refractivity contribution in [3.8, 4) is 0 Å². The molecule has 2 heterocycles. The standard InChI is InChI=1S/C19H13N5O3S/c1-11-4-2-3-5-14(11)18-22-23-16(20)15(17(25)21-19(23)28-18)10-12-6-8-13(9-7-12)24(26)27/h2-10,20H,1H3/b15-10-,20-16?. The molecule has 2 aromatic rings. The molecule has 0 aromatic heterocycles. The third-order valence-electron chi connectivity index (χ3n) is 4.24. The van der Waals surface area contributed by atoms with Crippen LogP contribution in [0.1, 0.15) is 16.7 Å². The number of non-ortho nitro benzene ring substituents is 1. The zero-order chi connectivity index (χ0) is 19.8. The SMILES string of the molecule is Cc1ccccc1C1=NN2C(=N)/C(=C/c3ccc([N+](=O)[O-])cc3)C(=O)N=C2S1. The van der Waals surface area contributed by atoms with Gasteiger partial charge < -0.3 is 0 Å². The van der Waals surface area contributed by atoms with E-state index in [1.54, 1.807) is 0 Å². The summed E-state index contributed by atoms with van der Waals surface area (Å²) in [5.74, 6) is -0.618. The van der Waals surface area contributed by atoms with Crippen molar-refractivity contribution in [1.29, 1.82) is 5.41 Å². The number of rotatable bonds is 3. The molecule has 0 aliphatic carbocycles. The van der Waals surface area contributed by atoms with E-state index in [0.717, 1.165) is 11.1 Å². The molecule has 28 heavy (non-hydrogen) atoms. The van der Waals surface area contributed by atoms with Crippen molar-refractivity contribution in [3.05, 3.63) is 80.9 Å². The van der Waals surface area contributed by atoms with Gasteiger partial charge in [0.05, 0.1) is 10.5 Å². The highest BCUT2D eigenvalue weighted by molar-refractivity contribution is 8.27. The Hall–Kier alpha value is -3.59. The lowest BCUT2D eigenvalue weighted by molar-refractivity contribution is -0.384. The van der Waals surface area contributed by atoms with Crippen molar-refractivity contribution in [2.24, 2.45) is 10.1 Å². The maximum absolute atomic E-state index is 12.4. The maximum Gasteiger partial charge on any atom is 0.283 e. The lowest BCUT2D eigenvalue weighted by Gasteiger charge is -2.20. The van der Waals surface area contributed by atoms with Crippen LogP contribution in [0.25, 0.3) is 6.08 Å². The molecule has 1 N–H and O–H groups in total. The predicted molar refractivity (Wildman–Crippen MR) is 108 cm³/mol. The van der Waals surface area contributed by atoms with Crippen LogP contribution in [-0.4, -0.2) is 31.9 Å². The largest absolute Gasteiger partial charge is 0.283 e. The second kappa shape index (κ2) is 6.86. The molecular weight excluding hydrogens is 378 g/mol. The normalized spacial score (nSPS) is 17.5. The van der Waals surface area contributed by atoms with Crippen molar-refractivity contribution in [1.82, 2.24) is 5.01 Å². The molecule has 2 aliphatic heterocycles. The van der Waals surface area contributed by atoms with Crippen LogP contribution < -0.4 is 0 Å². The van der Waals surface area contributed by atoms with Gasteiger partial charge in [-0.15, -0.1) is 0 Å². The van der Waals surface area contributed by atoms with E-state index >= 15 is 0 Å². The number of nitrogens with zero attached hydrogens (tertiary/aromatic N) is 4. The first-order valence-electron chi connectivity index (χ1n) is 8.25. The van der Waals surface area contributed by atoms with Crippen molar-refractivity contribution in [2.75, 3.05) is 0 Å². The molecule has 0 bridgehead atoms. The monoisotopic (exact) mass is 391 g/mol. The molecule has 9 heteroatoms. The van der Waals surface area contributed by atoms with Crippen LogP contribution in [0, 0.1) is 22.4 Å². The predicted octanol–water partition coefficient (Wildman–Crippen LogP) is 3.57. The molecule has 0 spiro atoms. The van der Waals surface area contributed by atoms with E-state index in [0.29, 0.717) is 15.8 Å². The Labute approximate surface area is 163 Å². The molecule has 4 rings (SSSR count). The Kier molecular flexibility index (Phi) is 4.36. The van der Waals surface area contributed by atoms with Gasteiger partial charge in [0.25, 0.3) is 11.6 Å². The van der Waals surface area contributed by atoms with Crippen molar-refractivity contribution < 1.29 is 9.72 Å². The number of nitro groups is 1. The van der Waals surface area contributed by atoms with Crippen molar-refractivity contribution in [2.45, 2.75) is 6.92 Å². The van der Waals surface area contributed by atoms with Gasteiger partial charge in [-0.05, 0) is 48.0 Å². The maximum atomic E-state index is 12.4. The number of hydrazone groups is 1. The smallest absolute Gasteiger partial charge is 0.282 e. The Balaban J connectivity index is 1.67. The summed E-state index contributed by atoms with van der Waals surface area (Å²) in [6.45, 7) is 1.97. The van der Waals surface area contributed by atoms with Crippen molar-refractivity contribution >= 4 is 45.5 Å². The molecule has 1 amide bonds. The zero-order valence-electron chi connectivity index (χ0n) is 14.6. The topological polar surface area (TPSA) is 112 Å². The van der Waals surface area contributed by atoms with Crippen LogP contribution >= 0.6 is 11.8 Å². The highest BCUT2D eigenvalue weighted by atomic mass is 32.2. The van der Waals surface area contributed by atoms with Crippen LogP contribution in [0.2, 0.25) is 0 Å². The highest BCUT2D eigenvalue weighted by Crippen LogP contribution is 2.31.